The largest absolute Gasteiger partial charge is 0.461 e. The van der Waals surface area contributed by atoms with Crippen molar-refractivity contribution in [3.05, 3.63) is 47.0 Å². The van der Waals surface area contributed by atoms with Crippen LogP contribution < -0.4 is 0 Å². The highest BCUT2D eigenvalue weighted by atomic mass is 16.5. The molecule has 0 bridgehead atoms. The van der Waals surface area contributed by atoms with Crippen molar-refractivity contribution in [3.8, 4) is 0 Å². The van der Waals surface area contributed by atoms with Gasteiger partial charge in [-0.1, -0.05) is 6.07 Å². The molecule has 1 aliphatic rings. The Kier molecular flexibility index (Phi) is 7.13. The van der Waals surface area contributed by atoms with Crippen molar-refractivity contribution in [1.29, 1.82) is 0 Å². The maximum absolute atomic E-state index is 12.1. The van der Waals surface area contributed by atoms with Crippen LogP contribution in [0.4, 0.5) is 0 Å². The number of carbonyl (C=O) groups excluding carboxylic acids is 1. The maximum Gasteiger partial charge on any atom is 0.356 e. The third kappa shape index (κ3) is 5.15. The van der Waals surface area contributed by atoms with Crippen molar-refractivity contribution in [2.45, 2.75) is 39.4 Å². The third-order valence-corrected chi connectivity index (χ3v) is 5.05. The summed E-state index contributed by atoms with van der Waals surface area (Å²) in [6.07, 6.45) is 2.40. The Morgan fingerprint density at radius 2 is 2.21 bits per heavy atom. The normalized spacial score (nSPS) is 18.3. The molecule has 0 aromatic carbocycles. The smallest absolute Gasteiger partial charge is 0.356 e. The summed E-state index contributed by atoms with van der Waals surface area (Å²) in [7, 11) is 0. The molecule has 8 heteroatoms. The van der Waals surface area contributed by atoms with E-state index in [4.69, 9.17) is 4.74 Å². The van der Waals surface area contributed by atoms with E-state index >= 15 is 0 Å². The zero-order valence-electron chi connectivity index (χ0n) is 16.6. The number of esters is 1. The maximum atomic E-state index is 12.1. The van der Waals surface area contributed by atoms with E-state index in [1.54, 1.807) is 13.1 Å². The number of aliphatic hydroxyl groups excluding tert-OH is 1. The van der Waals surface area contributed by atoms with Crippen LogP contribution in [-0.2, 0) is 17.8 Å². The summed E-state index contributed by atoms with van der Waals surface area (Å²) in [5.41, 5.74) is 3.33. The molecule has 0 spiro atoms. The molecule has 3 rings (SSSR count). The SMILES string of the molecule is CCOC(=O)c1[nH]ncc1CN1CCN(Cc2cccc(C)n2)C(CCO)C1. The summed E-state index contributed by atoms with van der Waals surface area (Å²) < 4.78 is 5.09. The van der Waals surface area contributed by atoms with Gasteiger partial charge < -0.3 is 9.84 Å². The van der Waals surface area contributed by atoms with E-state index < -0.39 is 0 Å². The fourth-order valence-electron chi connectivity index (χ4n) is 3.68. The van der Waals surface area contributed by atoms with Gasteiger partial charge in [0, 0.05) is 56.6 Å². The van der Waals surface area contributed by atoms with Crippen LogP contribution in [-0.4, -0.2) is 74.9 Å². The predicted molar refractivity (Wildman–Crippen MR) is 105 cm³/mol. The Morgan fingerprint density at radius 1 is 1.36 bits per heavy atom. The zero-order valence-corrected chi connectivity index (χ0v) is 16.6. The number of piperazine rings is 1. The van der Waals surface area contributed by atoms with Crippen LogP contribution >= 0.6 is 0 Å². The molecule has 0 amide bonds. The Bertz CT molecular complexity index is 779. The van der Waals surface area contributed by atoms with Crippen molar-refractivity contribution >= 4 is 5.97 Å². The minimum Gasteiger partial charge on any atom is -0.461 e. The second-order valence-electron chi connectivity index (χ2n) is 7.13. The minimum absolute atomic E-state index is 0.149. The van der Waals surface area contributed by atoms with Crippen molar-refractivity contribution in [3.63, 3.8) is 0 Å². The van der Waals surface area contributed by atoms with Crippen LogP contribution in [0.1, 0.15) is 40.8 Å². The minimum atomic E-state index is -0.369. The summed E-state index contributed by atoms with van der Waals surface area (Å²) in [5.74, 6) is -0.369. The Balaban J connectivity index is 1.64. The fraction of sp³-hybridized carbons (Fsp3) is 0.550. The molecule has 8 nitrogen and oxygen atoms in total. The van der Waals surface area contributed by atoms with Gasteiger partial charge in [0.15, 0.2) is 0 Å². The van der Waals surface area contributed by atoms with Crippen LogP contribution in [0.15, 0.2) is 24.4 Å². The lowest BCUT2D eigenvalue weighted by molar-refractivity contribution is 0.0469. The molecule has 2 aromatic rings. The number of aromatic nitrogens is 3. The van der Waals surface area contributed by atoms with Crippen LogP contribution in [0.2, 0.25) is 0 Å². The summed E-state index contributed by atoms with van der Waals surface area (Å²) in [6.45, 7) is 8.25. The van der Waals surface area contributed by atoms with E-state index in [1.807, 2.05) is 25.1 Å². The van der Waals surface area contributed by atoms with Gasteiger partial charge >= 0.3 is 5.97 Å². The lowest BCUT2D eigenvalue weighted by atomic mass is 10.1. The second-order valence-corrected chi connectivity index (χ2v) is 7.13. The topological polar surface area (TPSA) is 94.6 Å². The van der Waals surface area contributed by atoms with Crippen LogP contribution in [0.3, 0.4) is 0 Å². The molecule has 1 atom stereocenters. The Hall–Kier alpha value is -2.29. The first kappa shape index (κ1) is 20.4. The van der Waals surface area contributed by atoms with Gasteiger partial charge in [0.05, 0.1) is 18.5 Å². The van der Waals surface area contributed by atoms with Crippen LogP contribution in [0.5, 0.6) is 0 Å². The van der Waals surface area contributed by atoms with Gasteiger partial charge in [-0.05, 0) is 32.4 Å². The average molecular weight is 387 g/mol. The summed E-state index contributed by atoms with van der Waals surface area (Å²) in [6, 6.07) is 6.31. The number of ether oxygens (including phenoxy) is 1. The molecule has 0 aliphatic carbocycles. The van der Waals surface area contributed by atoms with Crippen molar-refractivity contribution in [2.24, 2.45) is 0 Å². The number of aryl methyl sites for hydroxylation is 1. The first-order valence-electron chi connectivity index (χ1n) is 9.79. The molecule has 1 aliphatic heterocycles. The highest BCUT2D eigenvalue weighted by molar-refractivity contribution is 5.88. The molecule has 2 aromatic heterocycles. The fourth-order valence-corrected chi connectivity index (χ4v) is 3.68. The van der Waals surface area contributed by atoms with Gasteiger partial charge in [0.1, 0.15) is 5.69 Å². The summed E-state index contributed by atoms with van der Waals surface area (Å²) in [5, 5.41) is 16.3. The molecular formula is C20H29N5O3. The highest BCUT2D eigenvalue weighted by Gasteiger charge is 2.28. The van der Waals surface area contributed by atoms with Crippen molar-refractivity contribution in [2.75, 3.05) is 32.8 Å². The number of carbonyl (C=O) groups is 1. The Morgan fingerprint density at radius 3 is 2.96 bits per heavy atom. The molecule has 3 heterocycles. The quantitative estimate of drug-likeness (QED) is 0.661. The number of nitrogens with one attached hydrogen (secondary N) is 1. The molecular weight excluding hydrogens is 358 g/mol. The number of hydrogen-bond donors (Lipinski definition) is 2. The number of pyridine rings is 1. The molecule has 152 valence electrons. The third-order valence-electron chi connectivity index (χ3n) is 5.05. The lowest BCUT2D eigenvalue weighted by Gasteiger charge is -2.41. The number of H-pyrrole nitrogens is 1. The number of hydrogen-bond acceptors (Lipinski definition) is 7. The van der Waals surface area contributed by atoms with Crippen molar-refractivity contribution < 1.29 is 14.6 Å². The predicted octanol–water partition coefficient (Wildman–Crippen LogP) is 1.36. The van der Waals surface area contributed by atoms with Gasteiger partial charge in [0.2, 0.25) is 0 Å². The van der Waals surface area contributed by atoms with Gasteiger partial charge in [-0.25, -0.2) is 4.79 Å². The van der Waals surface area contributed by atoms with Gasteiger partial charge in [-0.3, -0.25) is 19.9 Å². The number of aliphatic hydroxyl groups is 1. The molecule has 1 saturated heterocycles. The standard InChI is InChI=1S/C20H29N5O3/c1-3-28-20(27)19-16(11-21-23-19)12-24-8-9-25(18(14-24)7-10-26)13-17-6-4-5-15(2)22-17/h4-6,11,18,26H,3,7-10,12-14H2,1-2H3,(H,21,23). The molecule has 28 heavy (non-hydrogen) atoms. The Labute approximate surface area is 165 Å². The monoisotopic (exact) mass is 387 g/mol. The zero-order chi connectivity index (χ0) is 19.9. The van der Waals surface area contributed by atoms with E-state index in [2.05, 4.69) is 25.0 Å². The second kappa shape index (κ2) is 9.77. The van der Waals surface area contributed by atoms with E-state index in [0.717, 1.165) is 43.1 Å². The van der Waals surface area contributed by atoms with E-state index in [1.165, 1.54) is 0 Å². The number of nitrogens with zero attached hydrogens (tertiary/aromatic N) is 4. The summed E-state index contributed by atoms with van der Waals surface area (Å²) in [4.78, 5) is 21.4. The van der Waals surface area contributed by atoms with Crippen LogP contribution in [0, 0.1) is 6.92 Å². The molecule has 0 radical (unpaired) electrons. The molecule has 1 fully saturated rings. The van der Waals surface area contributed by atoms with Gasteiger partial charge in [-0.15, -0.1) is 0 Å². The first-order valence-corrected chi connectivity index (χ1v) is 9.79. The molecule has 2 N–H and O–H groups in total. The van der Waals surface area contributed by atoms with E-state index in [9.17, 15) is 9.90 Å². The molecule has 1 unspecified atom stereocenters. The van der Waals surface area contributed by atoms with E-state index in [0.29, 0.717) is 25.3 Å². The van der Waals surface area contributed by atoms with Crippen LogP contribution in [0.25, 0.3) is 0 Å². The number of rotatable bonds is 8. The van der Waals surface area contributed by atoms with Crippen molar-refractivity contribution in [1.82, 2.24) is 25.0 Å². The summed E-state index contributed by atoms with van der Waals surface area (Å²) >= 11 is 0. The lowest BCUT2D eigenvalue weighted by Crippen LogP contribution is -2.52. The number of aromatic amines is 1. The van der Waals surface area contributed by atoms with Gasteiger partial charge in [0.25, 0.3) is 0 Å². The van der Waals surface area contributed by atoms with Gasteiger partial charge in [-0.2, -0.15) is 5.10 Å². The average Bonchev–Trinajstić information content (AvgIpc) is 3.12. The highest BCUT2D eigenvalue weighted by Crippen LogP contribution is 2.19. The van der Waals surface area contributed by atoms with E-state index in [-0.39, 0.29) is 18.6 Å². The molecule has 0 saturated carbocycles. The first-order chi connectivity index (χ1) is 13.6.